The fraction of sp³-hybridized carbons (Fsp3) is 0.444. The van der Waals surface area contributed by atoms with Crippen LogP contribution in [-0.4, -0.2) is 36.6 Å². The number of hydrogen-bond acceptors (Lipinski definition) is 4. The third-order valence-corrected chi connectivity index (χ3v) is 1.03. The fourth-order valence-corrected chi connectivity index (χ4v) is 0.475. The van der Waals surface area contributed by atoms with E-state index < -0.39 is 0 Å². The molecule has 0 aromatic carbocycles. The minimum atomic E-state index is -0.241. The van der Waals surface area contributed by atoms with Gasteiger partial charge in [-0.25, -0.2) is 0 Å². The van der Waals surface area contributed by atoms with Crippen LogP contribution >= 0.6 is 0 Å². The molecule has 0 radical (unpaired) electrons. The van der Waals surface area contributed by atoms with Crippen molar-refractivity contribution in [2.75, 3.05) is 14.1 Å². The molecule has 1 rings (SSSR count). The summed E-state index contributed by atoms with van der Waals surface area (Å²) in [7, 11) is 2.95. The standard InChI is InChI=1S/C5H5NO2.C3H6O.CH5N/c1-6-4(7)2-3-5(6)8;1-3(2)4;1-2/h2-3H,1H3;1-2H3;2H2,1H3. The van der Waals surface area contributed by atoms with E-state index in [1.807, 2.05) is 0 Å². The van der Waals surface area contributed by atoms with E-state index in [0.29, 0.717) is 0 Å². The van der Waals surface area contributed by atoms with Gasteiger partial charge < -0.3 is 10.5 Å². The summed E-state index contributed by atoms with van der Waals surface area (Å²) in [6.07, 6.45) is 2.50. The Labute approximate surface area is 83.6 Å². The maximum absolute atomic E-state index is 10.4. The molecular formula is C9H16N2O3. The van der Waals surface area contributed by atoms with E-state index in [-0.39, 0.29) is 17.6 Å². The van der Waals surface area contributed by atoms with E-state index in [2.05, 4.69) is 5.73 Å². The summed E-state index contributed by atoms with van der Waals surface area (Å²) in [5, 5.41) is 0. The molecular weight excluding hydrogens is 184 g/mol. The maximum Gasteiger partial charge on any atom is 0.253 e. The van der Waals surface area contributed by atoms with E-state index in [9.17, 15) is 14.4 Å². The van der Waals surface area contributed by atoms with Crippen LogP contribution in [0.3, 0.4) is 0 Å². The second-order valence-electron chi connectivity index (χ2n) is 2.48. The quantitative estimate of drug-likeness (QED) is 0.545. The van der Waals surface area contributed by atoms with Gasteiger partial charge in [-0.1, -0.05) is 0 Å². The largest absolute Gasteiger partial charge is 0.333 e. The molecule has 2 amide bonds. The summed E-state index contributed by atoms with van der Waals surface area (Å²) < 4.78 is 0. The molecule has 0 atom stereocenters. The molecule has 0 aromatic heterocycles. The Balaban J connectivity index is 0. The van der Waals surface area contributed by atoms with E-state index >= 15 is 0 Å². The SMILES string of the molecule is CC(C)=O.CN.CN1C(=O)C=CC1=O. The van der Waals surface area contributed by atoms with Gasteiger partial charge in [0.25, 0.3) is 11.8 Å². The molecule has 0 saturated heterocycles. The van der Waals surface area contributed by atoms with E-state index in [4.69, 9.17) is 0 Å². The number of Topliss-reactive ketones (excluding diaryl/α,β-unsaturated/α-hetero) is 1. The van der Waals surface area contributed by atoms with E-state index in [1.165, 1.54) is 40.1 Å². The van der Waals surface area contributed by atoms with Gasteiger partial charge in [-0.2, -0.15) is 0 Å². The fourth-order valence-electron chi connectivity index (χ4n) is 0.475. The summed E-state index contributed by atoms with van der Waals surface area (Å²) in [4.78, 5) is 31.3. The van der Waals surface area contributed by atoms with E-state index in [1.54, 1.807) is 0 Å². The van der Waals surface area contributed by atoms with Crippen molar-refractivity contribution in [2.24, 2.45) is 5.73 Å². The predicted octanol–water partition coefficient (Wildman–Crippen LogP) is -0.289. The molecule has 0 fully saturated rings. The van der Waals surface area contributed by atoms with Gasteiger partial charge in [0.2, 0.25) is 0 Å². The van der Waals surface area contributed by atoms with Crippen LogP contribution in [0.1, 0.15) is 13.8 Å². The molecule has 0 spiro atoms. The zero-order valence-corrected chi connectivity index (χ0v) is 8.90. The molecule has 0 aromatic rings. The second kappa shape index (κ2) is 8.12. The number of likely N-dealkylation sites (N-methyl/N-ethyl adjacent to an activating group) is 1. The normalized spacial score (nSPS) is 12.8. The van der Waals surface area contributed by atoms with E-state index in [0.717, 1.165) is 4.90 Å². The van der Waals surface area contributed by atoms with Gasteiger partial charge in [0.15, 0.2) is 0 Å². The maximum atomic E-state index is 10.4. The van der Waals surface area contributed by atoms with Crippen molar-refractivity contribution >= 4 is 17.6 Å². The van der Waals surface area contributed by atoms with Gasteiger partial charge in [0, 0.05) is 19.2 Å². The Morgan fingerprint density at radius 1 is 1.14 bits per heavy atom. The number of rotatable bonds is 0. The molecule has 5 nitrogen and oxygen atoms in total. The topological polar surface area (TPSA) is 80.5 Å². The number of imide groups is 1. The zero-order valence-electron chi connectivity index (χ0n) is 8.90. The number of nitrogens with two attached hydrogens (primary N) is 1. The molecule has 5 heteroatoms. The molecule has 0 saturated carbocycles. The minimum Gasteiger partial charge on any atom is -0.333 e. The van der Waals surface area contributed by atoms with Crippen molar-refractivity contribution in [2.45, 2.75) is 13.8 Å². The Bertz CT molecular complexity index is 224. The minimum absolute atomic E-state index is 0.167. The molecule has 0 aliphatic carbocycles. The molecule has 0 unspecified atom stereocenters. The lowest BCUT2D eigenvalue weighted by Crippen LogP contribution is -2.24. The third-order valence-electron chi connectivity index (χ3n) is 1.03. The van der Waals surface area contributed by atoms with Crippen molar-refractivity contribution in [1.82, 2.24) is 4.90 Å². The summed E-state index contributed by atoms with van der Waals surface area (Å²) in [5.41, 5.74) is 4.50. The first-order valence-corrected chi connectivity index (χ1v) is 3.99. The highest BCUT2D eigenvalue weighted by Crippen LogP contribution is 1.97. The number of hydrogen-bond donors (Lipinski definition) is 1. The Hall–Kier alpha value is -1.49. The Morgan fingerprint density at radius 3 is 1.43 bits per heavy atom. The smallest absolute Gasteiger partial charge is 0.253 e. The molecule has 14 heavy (non-hydrogen) atoms. The van der Waals surface area contributed by atoms with Gasteiger partial charge in [-0.05, 0) is 20.9 Å². The van der Waals surface area contributed by atoms with Gasteiger partial charge in [0.05, 0.1) is 0 Å². The molecule has 80 valence electrons. The van der Waals surface area contributed by atoms with Crippen molar-refractivity contribution in [3.8, 4) is 0 Å². The van der Waals surface area contributed by atoms with Crippen molar-refractivity contribution in [3.05, 3.63) is 12.2 Å². The van der Waals surface area contributed by atoms with Gasteiger partial charge in [-0.15, -0.1) is 0 Å². The highest BCUT2D eigenvalue weighted by molar-refractivity contribution is 6.12. The highest BCUT2D eigenvalue weighted by Gasteiger charge is 2.17. The molecule has 0 bridgehead atoms. The summed E-state index contributed by atoms with van der Waals surface area (Å²) in [5.74, 6) is -0.315. The van der Waals surface area contributed by atoms with Gasteiger partial charge in [0.1, 0.15) is 5.78 Å². The van der Waals surface area contributed by atoms with Crippen molar-refractivity contribution in [3.63, 3.8) is 0 Å². The lowest BCUT2D eigenvalue weighted by molar-refractivity contribution is -0.135. The van der Waals surface area contributed by atoms with Crippen LogP contribution in [0.15, 0.2) is 12.2 Å². The highest BCUT2D eigenvalue weighted by atomic mass is 16.2. The van der Waals surface area contributed by atoms with Crippen LogP contribution in [0.4, 0.5) is 0 Å². The van der Waals surface area contributed by atoms with Crippen molar-refractivity contribution in [1.29, 1.82) is 0 Å². The summed E-state index contributed by atoms with van der Waals surface area (Å²) >= 11 is 0. The zero-order chi connectivity index (χ0) is 11.7. The lowest BCUT2D eigenvalue weighted by Gasteiger charge is -2.01. The first-order chi connectivity index (χ1) is 6.45. The summed E-state index contributed by atoms with van der Waals surface area (Å²) in [6, 6.07) is 0. The Kier molecular flexibility index (Phi) is 8.71. The van der Waals surface area contributed by atoms with Crippen LogP contribution in [0.2, 0.25) is 0 Å². The molecule has 1 aliphatic heterocycles. The van der Waals surface area contributed by atoms with Crippen molar-refractivity contribution < 1.29 is 14.4 Å². The number of nitrogens with zero attached hydrogens (tertiary/aromatic N) is 1. The lowest BCUT2D eigenvalue weighted by atomic mass is 10.6. The molecule has 1 heterocycles. The predicted molar refractivity (Wildman–Crippen MR) is 53.4 cm³/mol. The van der Waals surface area contributed by atoms with Crippen LogP contribution in [0, 0.1) is 0 Å². The third kappa shape index (κ3) is 7.17. The number of amides is 2. The molecule has 2 N–H and O–H groups in total. The number of carbonyl (C=O) groups is 3. The number of carbonyl (C=O) groups excluding carboxylic acids is 3. The Morgan fingerprint density at radius 2 is 1.36 bits per heavy atom. The first-order valence-electron chi connectivity index (χ1n) is 3.99. The van der Waals surface area contributed by atoms with Crippen LogP contribution in [0.25, 0.3) is 0 Å². The average Bonchev–Trinajstić information content (AvgIpc) is 2.39. The van der Waals surface area contributed by atoms with Crippen LogP contribution in [0.5, 0.6) is 0 Å². The van der Waals surface area contributed by atoms with Gasteiger partial charge >= 0.3 is 0 Å². The second-order valence-corrected chi connectivity index (χ2v) is 2.48. The summed E-state index contributed by atoms with van der Waals surface area (Å²) in [6.45, 7) is 3.06. The molecule has 1 aliphatic rings. The van der Waals surface area contributed by atoms with Crippen LogP contribution in [-0.2, 0) is 14.4 Å². The average molecular weight is 200 g/mol. The van der Waals surface area contributed by atoms with Gasteiger partial charge in [-0.3, -0.25) is 14.5 Å². The number of ketones is 1. The van der Waals surface area contributed by atoms with Crippen LogP contribution < -0.4 is 5.73 Å². The monoisotopic (exact) mass is 200 g/mol. The first kappa shape index (κ1) is 15.0.